The summed E-state index contributed by atoms with van der Waals surface area (Å²) in [6.07, 6.45) is 13.4. The molecular formula is C43H63N3O4. The molecule has 0 spiro atoms. The molecule has 1 heterocycles. The van der Waals surface area contributed by atoms with E-state index in [1.165, 1.54) is 30.4 Å². The molecule has 3 N–H and O–H groups in total. The van der Waals surface area contributed by atoms with Gasteiger partial charge in [0.25, 0.3) is 0 Å². The number of carbonyl (C=O) groups is 3. The van der Waals surface area contributed by atoms with E-state index in [4.69, 9.17) is 0 Å². The number of nitrogens with one attached hydrogen (secondary N) is 2. The number of aromatic carboxylic acids is 1. The highest BCUT2D eigenvalue weighted by atomic mass is 16.4. The first-order valence-electron chi connectivity index (χ1n) is 19.6. The van der Waals surface area contributed by atoms with Crippen LogP contribution < -0.4 is 10.6 Å². The summed E-state index contributed by atoms with van der Waals surface area (Å²) in [6.45, 7) is 22.4. The minimum Gasteiger partial charge on any atom is -0.478 e. The van der Waals surface area contributed by atoms with E-state index in [2.05, 4.69) is 69.7 Å². The number of nitrogens with zero attached hydrogens (tertiary/aromatic N) is 1. The average Bonchev–Trinajstić information content (AvgIpc) is 3.48. The van der Waals surface area contributed by atoms with Crippen LogP contribution in [0.5, 0.6) is 0 Å². The SMILES string of the molecule is C=C(C)[C@@H]1CC[C@]2(C(=O)NCCN3CCNC(=O)C3)CC[C@]3(C)[C@H](CCC4CC/C=C(/c5ccc(C(=O)O)cc5)C(C)(C)C(C)CC[C@]43C)[C@@H]12. The van der Waals surface area contributed by atoms with E-state index in [1.54, 1.807) is 12.1 Å². The van der Waals surface area contributed by atoms with E-state index in [0.29, 0.717) is 61.3 Å². The van der Waals surface area contributed by atoms with Gasteiger partial charge in [0.15, 0.2) is 0 Å². The van der Waals surface area contributed by atoms with Gasteiger partial charge in [-0.25, -0.2) is 4.79 Å². The van der Waals surface area contributed by atoms with Crippen LogP contribution in [0, 0.1) is 51.2 Å². The summed E-state index contributed by atoms with van der Waals surface area (Å²) in [5, 5.41) is 15.8. The molecule has 0 aromatic heterocycles. The fraction of sp³-hybridized carbons (Fsp3) is 0.698. The van der Waals surface area contributed by atoms with Crippen molar-refractivity contribution in [3.63, 3.8) is 0 Å². The Bertz CT molecular complexity index is 1510. The summed E-state index contributed by atoms with van der Waals surface area (Å²) < 4.78 is 0. The van der Waals surface area contributed by atoms with E-state index < -0.39 is 5.97 Å². The maximum Gasteiger partial charge on any atom is 0.335 e. The van der Waals surface area contributed by atoms with Crippen LogP contribution in [0.4, 0.5) is 0 Å². The molecule has 2 amide bonds. The van der Waals surface area contributed by atoms with Crippen LogP contribution in [-0.2, 0) is 9.59 Å². The maximum absolute atomic E-state index is 14.4. The summed E-state index contributed by atoms with van der Waals surface area (Å²) in [6, 6.07) is 7.50. The largest absolute Gasteiger partial charge is 0.478 e. The summed E-state index contributed by atoms with van der Waals surface area (Å²) in [7, 11) is 0. The minimum absolute atomic E-state index is 0.0583. The molecule has 6 rings (SSSR count). The predicted octanol–water partition coefficient (Wildman–Crippen LogP) is 7.97. The van der Waals surface area contributed by atoms with Gasteiger partial charge in [0.1, 0.15) is 0 Å². The van der Waals surface area contributed by atoms with Crippen molar-refractivity contribution in [2.45, 2.75) is 106 Å². The fourth-order valence-corrected chi connectivity index (χ4v) is 11.9. The van der Waals surface area contributed by atoms with Crippen molar-refractivity contribution in [1.82, 2.24) is 15.5 Å². The minimum atomic E-state index is -0.884. The molecule has 1 aromatic rings. The molecule has 2 unspecified atom stereocenters. The molecule has 4 aliphatic carbocycles. The first kappa shape index (κ1) is 36.8. The van der Waals surface area contributed by atoms with Crippen LogP contribution in [0.1, 0.15) is 122 Å². The molecular weight excluding hydrogens is 622 g/mol. The van der Waals surface area contributed by atoms with Crippen LogP contribution in [0.3, 0.4) is 0 Å². The Kier molecular flexibility index (Phi) is 10.2. The molecule has 1 aromatic carbocycles. The van der Waals surface area contributed by atoms with Crippen molar-refractivity contribution in [1.29, 1.82) is 0 Å². The normalized spacial score (nSPS) is 38.3. The second-order valence-corrected chi connectivity index (χ2v) is 18.0. The van der Waals surface area contributed by atoms with Gasteiger partial charge in [-0.15, -0.1) is 0 Å². The molecule has 50 heavy (non-hydrogen) atoms. The van der Waals surface area contributed by atoms with Crippen LogP contribution in [-0.4, -0.2) is 60.5 Å². The number of carboxylic acids is 1. The first-order chi connectivity index (χ1) is 23.6. The van der Waals surface area contributed by atoms with Crippen LogP contribution in [0.25, 0.3) is 5.57 Å². The Balaban J connectivity index is 1.26. The van der Waals surface area contributed by atoms with Crippen molar-refractivity contribution in [2.75, 3.05) is 32.7 Å². The number of carbonyl (C=O) groups excluding carboxylic acids is 2. The number of hydrogen-bond acceptors (Lipinski definition) is 4. The van der Waals surface area contributed by atoms with Crippen molar-refractivity contribution in [3.05, 3.63) is 53.6 Å². The zero-order chi connectivity index (χ0) is 36.1. The Hall–Kier alpha value is -2.93. The number of allylic oxidation sites excluding steroid dienone is 3. The lowest BCUT2D eigenvalue weighted by molar-refractivity contribution is -0.178. The zero-order valence-electron chi connectivity index (χ0n) is 31.7. The lowest BCUT2D eigenvalue weighted by atomic mass is 9.38. The molecule has 7 nitrogen and oxygen atoms in total. The van der Waals surface area contributed by atoms with E-state index in [9.17, 15) is 19.5 Å². The Morgan fingerprint density at radius 2 is 1.72 bits per heavy atom. The molecule has 8 atom stereocenters. The summed E-state index contributed by atoms with van der Waals surface area (Å²) in [5.74, 6) is 1.69. The number of benzene rings is 1. The summed E-state index contributed by atoms with van der Waals surface area (Å²) in [5.41, 5.74) is 3.99. The molecule has 1 saturated heterocycles. The third kappa shape index (κ3) is 6.28. The van der Waals surface area contributed by atoms with Crippen molar-refractivity contribution >= 4 is 23.4 Å². The monoisotopic (exact) mass is 685 g/mol. The molecule has 274 valence electrons. The number of amides is 2. The smallest absolute Gasteiger partial charge is 0.335 e. The fourth-order valence-electron chi connectivity index (χ4n) is 11.9. The van der Waals surface area contributed by atoms with Crippen LogP contribution in [0.2, 0.25) is 0 Å². The maximum atomic E-state index is 14.4. The van der Waals surface area contributed by atoms with E-state index in [0.717, 1.165) is 57.1 Å². The highest BCUT2D eigenvalue weighted by Gasteiger charge is 2.67. The number of carboxylic acid groups (broad SMARTS) is 1. The van der Waals surface area contributed by atoms with Gasteiger partial charge in [-0.1, -0.05) is 65.0 Å². The van der Waals surface area contributed by atoms with Gasteiger partial charge in [-0.2, -0.15) is 0 Å². The third-order valence-electron chi connectivity index (χ3n) is 15.6. The topological polar surface area (TPSA) is 98.7 Å². The van der Waals surface area contributed by atoms with E-state index in [1.807, 2.05) is 12.1 Å². The third-order valence-corrected chi connectivity index (χ3v) is 15.6. The number of piperazine rings is 1. The zero-order valence-corrected chi connectivity index (χ0v) is 31.7. The molecule has 3 saturated carbocycles. The Morgan fingerprint density at radius 3 is 2.40 bits per heavy atom. The molecule has 0 bridgehead atoms. The number of rotatable bonds is 7. The Morgan fingerprint density at radius 1 is 0.980 bits per heavy atom. The van der Waals surface area contributed by atoms with Gasteiger partial charge in [0.05, 0.1) is 17.5 Å². The highest BCUT2D eigenvalue weighted by molar-refractivity contribution is 5.88. The average molecular weight is 686 g/mol. The lowest BCUT2D eigenvalue weighted by Gasteiger charge is -2.66. The van der Waals surface area contributed by atoms with E-state index >= 15 is 0 Å². The lowest BCUT2D eigenvalue weighted by Crippen LogP contribution is -2.61. The molecule has 1 aliphatic heterocycles. The molecule has 0 radical (unpaired) electrons. The molecule has 7 heteroatoms. The second kappa shape index (κ2) is 13.9. The quantitative estimate of drug-likeness (QED) is 0.253. The van der Waals surface area contributed by atoms with Gasteiger partial charge in [-0.3, -0.25) is 14.5 Å². The van der Waals surface area contributed by atoms with E-state index in [-0.39, 0.29) is 33.5 Å². The van der Waals surface area contributed by atoms with Crippen molar-refractivity contribution in [2.24, 2.45) is 51.2 Å². The van der Waals surface area contributed by atoms with Gasteiger partial charge >= 0.3 is 5.97 Å². The second-order valence-electron chi connectivity index (χ2n) is 18.0. The van der Waals surface area contributed by atoms with Crippen molar-refractivity contribution < 1.29 is 19.5 Å². The van der Waals surface area contributed by atoms with Gasteiger partial charge in [0.2, 0.25) is 11.8 Å². The van der Waals surface area contributed by atoms with Gasteiger partial charge in [-0.05, 0) is 140 Å². The summed E-state index contributed by atoms with van der Waals surface area (Å²) >= 11 is 0. The van der Waals surface area contributed by atoms with Gasteiger partial charge in [0, 0.05) is 26.2 Å². The number of fused-ring (bicyclic) bond motifs is 5. The highest BCUT2D eigenvalue weighted by Crippen LogP contribution is 2.72. The molecule has 4 fully saturated rings. The van der Waals surface area contributed by atoms with Crippen LogP contribution in [0.15, 0.2) is 42.5 Å². The first-order valence-corrected chi connectivity index (χ1v) is 19.6. The summed E-state index contributed by atoms with van der Waals surface area (Å²) in [4.78, 5) is 40.1. The van der Waals surface area contributed by atoms with Crippen molar-refractivity contribution in [3.8, 4) is 0 Å². The van der Waals surface area contributed by atoms with Crippen LogP contribution >= 0.6 is 0 Å². The van der Waals surface area contributed by atoms with Gasteiger partial charge < -0.3 is 15.7 Å². The molecule has 5 aliphatic rings. The Labute approximate surface area is 301 Å². The number of hydrogen-bond donors (Lipinski definition) is 3. The standard InChI is InChI=1S/C43H63N3O4/c1-28(2)33-18-20-43(39(50)45-24-26-46-25-23-44-36(47)27-46)22-21-42(7)35(37(33)43)16-15-32-9-8-10-34(30-11-13-31(14-12-30)38(48)49)40(4,5)29(3)17-19-41(32,42)6/h10-14,29,32-33,35,37H,1,8-9,15-27H2,2-7H3,(H,44,47)(H,45,50)(H,48,49)/b34-10-/t29?,32?,33-,35+,37+,41+,42+,43-/m0/s1. The predicted molar refractivity (Wildman–Crippen MR) is 200 cm³/mol.